The number of H-pyrrole nitrogens is 1. The summed E-state index contributed by atoms with van der Waals surface area (Å²) in [4.78, 5) is 55.0. The Morgan fingerprint density at radius 1 is 1.00 bits per heavy atom. The molecule has 0 unspecified atom stereocenters. The number of nitrogens with one attached hydrogen (secondary N) is 3. The predicted molar refractivity (Wildman–Crippen MR) is 88.1 cm³/mol. The standard InChI is InChI=1S/C15H15N5O6/c1-7(21)19-20-14-16-13(17-15(24)18-14)10-4-5-11(25-8(2)22)12(6-10)26-9(3)23/h4-6H,1-3H3,(H,19,21)(H2,16,17,18,20,24). The van der Waals surface area contributed by atoms with E-state index >= 15 is 0 Å². The summed E-state index contributed by atoms with van der Waals surface area (Å²) in [6.45, 7) is 3.65. The van der Waals surface area contributed by atoms with Crippen LogP contribution in [-0.2, 0) is 14.4 Å². The molecular weight excluding hydrogens is 346 g/mol. The Balaban J connectivity index is 2.44. The highest BCUT2D eigenvalue weighted by Crippen LogP contribution is 2.31. The second-order valence-electron chi connectivity index (χ2n) is 4.98. The van der Waals surface area contributed by atoms with Crippen LogP contribution in [0.3, 0.4) is 0 Å². The number of aromatic amines is 1. The van der Waals surface area contributed by atoms with Gasteiger partial charge in [-0.2, -0.15) is 9.97 Å². The Labute approximate surface area is 146 Å². The van der Waals surface area contributed by atoms with E-state index in [4.69, 9.17) is 9.47 Å². The van der Waals surface area contributed by atoms with Crippen molar-refractivity contribution >= 4 is 23.8 Å². The Hall–Kier alpha value is -3.76. The maximum absolute atomic E-state index is 11.7. The number of amides is 1. The fraction of sp³-hybridized carbons (Fsp3) is 0.200. The van der Waals surface area contributed by atoms with Gasteiger partial charge in [-0.15, -0.1) is 0 Å². The van der Waals surface area contributed by atoms with Crippen LogP contribution in [0.25, 0.3) is 11.4 Å². The molecule has 11 nitrogen and oxygen atoms in total. The summed E-state index contributed by atoms with van der Waals surface area (Å²) in [5.74, 6) is -1.68. The van der Waals surface area contributed by atoms with Gasteiger partial charge < -0.3 is 9.47 Å². The van der Waals surface area contributed by atoms with Gasteiger partial charge in [-0.3, -0.25) is 30.2 Å². The van der Waals surface area contributed by atoms with Crippen molar-refractivity contribution in [3.05, 3.63) is 28.7 Å². The van der Waals surface area contributed by atoms with Crippen LogP contribution in [0.2, 0.25) is 0 Å². The van der Waals surface area contributed by atoms with Gasteiger partial charge in [-0.25, -0.2) is 4.79 Å². The monoisotopic (exact) mass is 361 g/mol. The second-order valence-corrected chi connectivity index (χ2v) is 4.98. The van der Waals surface area contributed by atoms with Gasteiger partial charge in [0.05, 0.1) is 0 Å². The van der Waals surface area contributed by atoms with Gasteiger partial charge in [0.2, 0.25) is 11.9 Å². The van der Waals surface area contributed by atoms with Crippen LogP contribution in [0.1, 0.15) is 20.8 Å². The summed E-state index contributed by atoms with van der Waals surface area (Å²) in [5, 5.41) is 0. The number of ether oxygens (including phenoxy) is 2. The predicted octanol–water partition coefficient (Wildman–Crippen LogP) is 0.145. The molecule has 3 N–H and O–H groups in total. The van der Waals surface area contributed by atoms with Gasteiger partial charge in [0, 0.05) is 26.3 Å². The minimum Gasteiger partial charge on any atom is -0.423 e. The fourth-order valence-corrected chi connectivity index (χ4v) is 1.85. The molecule has 1 aromatic carbocycles. The third kappa shape index (κ3) is 5.12. The highest BCUT2D eigenvalue weighted by atomic mass is 16.6. The molecule has 11 heteroatoms. The van der Waals surface area contributed by atoms with Gasteiger partial charge >= 0.3 is 17.6 Å². The minimum absolute atomic E-state index is 0.0268. The fourth-order valence-electron chi connectivity index (χ4n) is 1.85. The van der Waals surface area contributed by atoms with E-state index in [-0.39, 0.29) is 23.3 Å². The normalized spacial score (nSPS) is 9.96. The van der Waals surface area contributed by atoms with Gasteiger partial charge in [-0.1, -0.05) is 0 Å². The maximum Gasteiger partial charge on any atom is 0.349 e. The summed E-state index contributed by atoms with van der Waals surface area (Å²) in [6.07, 6.45) is 0. The average molecular weight is 361 g/mol. The molecule has 0 saturated carbocycles. The zero-order valence-corrected chi connectivity index (χ0v) is 14.1. The number of esters is 2. The minimum atomic E-state index is -0.721. The number of rotatable bonds is 5. The van der Waals surface area contributed by atoms with Crippen molar-refractivity contribution in [2.75, 3.05) is 5.43 Å². The number of anilines is 1. The number of aromatic nitrogens is 3. The number of hydrogen-bond acceptors (Lipinski definition) is 9. The quantitative estimate of drug-likeness (QED) is 0.383. The van der Waals surface area contributed by atoms with Crippen LogP contribution >= 0.6 is 0 Å². The lowest BCUT2D eigenvalue weighted by Crippen LogP contribution is -2.29. The molecule has 0 saturated heterocycles. The molecule has 0 aliphatic heterocycles. The van der Waals surface area contributed by atoms with E-state index in [1.54, 1.807) is 0 Å². The molecule has 0 bridgehead atoms. The summed E-state index contributed by atoms with van der Waals surface area (Å²) in [5.41, 5.74) is 4.25. The van der Waals surface area contributed by atoms with Crippen molar-refractivity contribution in [2.24, 2.45) is 0 Å². The van der Waals surface area contributed by atoms with Crippen LogP contribution in [-0.4, -0.2) is 32.8 Å². The molecule has 0 atom stereocenters. The first-order valence-corrected chi connectivity index (χ1v) is 7.27. The van der Waals surface area contributed by atoms with Crippen molar-refractivity contribution in [1.82, 2.24) is 20.4 Å². The Kier molecular flexibility index (Phi) is 5.63. The van der Waals surface area contributed by atoms with Gasteiger partial charge in [0.15, 0.2) is 11.5 Å². The number of hydrogen-bond donors (Lipinski definition) is 3. The molecule has 0 aliphatic carbocycles. The first-order chi connectivity index (χ1) is 12.2. The van der Waals surface area contributed by atoms with Crippen molar-refractivity contribution in [3.63, 3.8) is 0 Å². The Bertz CT molecular complexity index is 923. The van der Waals surface area contributed by atoms with Crippen molar-refractivity contribution in [2.45, 2.75) is 20.8 Å². The third-order valence-corrected chi connectivity index (χ3v) is 2.73. The molecule has 2 rings (SSSR count). The van der Waals surface area contributed by atoms with Crippen LogP contribution in [0.5, 0.6) is 11.5 Å². The SMILES string of the molecule is CC(=O)NNc1nc(-c2ccc(OC(C)=O)c(OC(C)=O)c2)[nH]c(=O)n1. The highest BCUT2D eigenvalue weighted by molar-refractivity contribution is 5.75. The van der Waals surface area contributed by atoms with Crippen molar-refractivity contribution in [3.8, 4) is 22.9 Å². The molecule has 1 heterocycles. The lowest BCUT2D eigenvalue weighted by atomic mass is 10.2. The van der Waals surface area contributed by atoms with E-state index in [9.17, 15) is 19.2 Å². The molecule has 2 aromatic rings. The maximum atomic E-state index is 11.7. The van der Waals surface area contributed by atoms with Crippen LogP contribution in [0.4, 0.5) is 5.95 Å². The number of benzene rings is 1. The zero-order valence-electron chi connectivity index (χ0n) is 14.1. The smallest absolute Gasteiger partial charge is 0.349 e. The van der Waals surface area contributed by atoms with E-state index in [2.05, 4.69) is 25.8 Å². The van der Waals surface area contributed by atoms with E-state index in [1.165, 1.54) is 39.0 Å². The number of carbonyl (C=O) groups is 3. The summed E-state index contributed by atoms with van der Waals surface area (Å²) in [7, 11) is 0. The molecule has 1 amide bonds. The summed E-state index contributed by atoms with van der Waals surface area (Å²) < 4.78 is 9.99. The summed E-state index contributed by atoms with van der Waals surface area (Å²) >= 11 is 0. The van der Waals surface area contributed by atoms with Crippen LogP contribution in [0.15, 0.2) is 23.0 Å². The molecule has 0 spiro atoms. The average Bonchev–Trinajstić information content (AvgIpc) is 2.53. The van der Waals surface area contributed by atoms with Gasteiger partial charge in [0.25, 0.3) is 0 Å². The molecule has 0 radical (unpaired) electrons. The van der Waals surface area contributed by atoms with E-state index in [0.717, 1.165) is 0 Å². The van der Waals surface area contributed by atoms with E-state index < -0.39 is 23.5 Å². The number of carbonyl (C=O) groups excluding carboxylic acids is 3. The van der Waals surface area contributed by atoms with Crippen LogP contribution in [0, 0.1) is 0 Å². The first kappa shape index (κ1) is 18.6. The molecule has 0 aliphatic rings. The highest BCUT2D eigenvalue weighted by Gasteiger charge is 2.14. The second kappa shape index (κ2) is 7.88. The summed E-state index contributed by atoms with van der Waals surface area (Å²) in [6, 6.07) is 4.24. The Morgan fingerprint density at radius 2 is 1.65 bits per heavy atom. The number of nitrogens with zero attached hydrogens (tertiary/aromatic N) is 2. The molecule has 1 aromatic heterocycles. The molecular formula is C15H15N5O6. The van der Waals surface area contributed by atoms with E-state index in [1.807, 2.05) is 0 Å². The first-order valence-electron chi connectivity index (χ1n) is 7.27. The Morgan fingerprint density at radius 3 is 2.27 bits per heavy atom. The largest absolute Gasteiger partial charge is 0.423 e. The van der Waals surface area contributed by atoms with Crippen molar-refractivity contribution < 1.29 is 23.9 Å². The lowest BCUT2D eigenvalue weighted by molar-refractivity contribution is -0.134. The molecule has 26 heavy (non-hydrogen) atoms. The lowest BCUT2D eigenvalue weighted by Gasteiger charge is -2.11. The van der Waals surface area contributed by atoms with Crippen LogP contribution < -0.4 is 26.0 Å². The topological polar surface area (TPSA) is 152 Å². The van der Waals surface area contributed by atoms with E-state index in [0.29, 0.717) is 5.56 Å². The van der Waals surface area contributed by atoms with Crippen molar-refractivity contribution in [1.29, 1.82) is 0 Å². The molecule has 0 fully saturated rings. The molecule has 136 valence electrons. The number of hydrazine groups is 1. The zero-order chi connectivity index (χ0) is 19.3. The van der Waals surface area contributed by atoms with Gasteiger partial charge in [-0.05, 0) is 18.2 Å². The third-order valence-electron chi connectivity index (χ3n) is 2.73. The van der Waals surface area contributed by atoms with Gasteiger partial charge in [0.1, 0.15) is 5.82 Å².